The van der Waals surface area contributed by atoms with Gasteiger partial charge in [-0.1, -0.05) is 70.1 Å². The lowest BCUT2D eigenvalue weighted by molar-refractivity contribution is -0.139. The number of likely N-dealkylation sites (tertiary alicyclic amines) is 1. The number of nitrogens with zero attached hydrogens (tertiary/aromatic N) is 4. The van der Waals surface area contributed by atoms with E-state index in [4.69, 9.17) is 15.5 Å². The second-order valence-corrected chi connectivity index (χ2v) is 19.2. The molecule has 3 unspecified atom stereocenters. The number of aromatic nitrogens is 3. The molecule has 2 saturated carbocycles. The van der Waals surface area contributed by atoms with E-state index in [2.05, 4.69) is 27.9 Å². The van der Waals surface area contributed by atoms with Crippen LogP contribution in [0.4, 0.5) is 5.82 Å². The molecule has 6 rings (SSSR count). The van der Waals surface area contributed by atoms with Crippen LogP contribution in [0.25, 0.3) is 21.9 Å². The topological polar surface area (TPSA) is 191 Å². The molecule has 60 heavy (non-hydrogen) atoms. The average Bonchev–Trinajstić information content (AvgIpc) is 3.69. The highest BCUT2D eigenvalue weighted by Gasteiger charge is 2.41. The molecule has 14 nitrogen and oxygen atoms in total. The van der Waals surface area contributed by atoms with E-state index in [0.29, 0.717) is 68.5 Å². The van der Waals surface area contributed by atoms with Crippen molar-refractivity contribution < 1.29 is 28.7 Å². The number of nitrogens with two attached hydrogens (primary N) is 1. The molecule has 1 aromatic carbocycles. The fourth-order valence-corrected chi connectivity index (χ4v) is 10.2. The third-order valence-electron chi connectivity index (χ3n) is 12.4. The zero-order valence-electron chi connectivity index (χ0n) is 36.1. The summed E-state index contributed by atoms with van der Waals surface area (Å²) in [4.78, 5) is 76.5. The molecule has 0 radical (unpaired) electrons. The molecule has 3 fully saturated rings. The molecule has 5 amide bonds. The van der Waals surface area contributed by atoms with Crippen LogP contribution in [-0.4, -0.2) is 91.3 Å². The number of imidazole rings is 1. The molecular formula is C45H66N8O6S. The molecule has 0 spiro atoms. The Kier molecular flexibility index (Phi) is 15.9. The highest BCUT2D eigenvalue weighted by Crippen LogP contribution is 2.33. The van der Waals surface area contributed by atoms with Crippen molar-refractivity contribution in [2.24, 2.45) is 17.8 Å². The molecule has 1 aliphatic heterocycles. The predicted molar refractivity (Wildman–Crippen MR) is 236 cm³/mol. The van der Waals surface area contributed by atoms with Crippen LogP contribution < -0.4 is 21.7 Å². The molecule has 0 bridgehead atoms. The Bertz CT molecular complexity index is 1990. The summed E-state index contributed by atoms with van der Waals surface area (Å²) < 4.78 is 7.77. The highest BCUT2D eigenvalue weighted by atomic mass is 32.2. The van der Waals surface area contributed by atoms with Gasteiger partial charge < -0.3 is 31.0 Å². The van der Waals surface area contributed by atoms with E-state index in [-0.39, 0.29) is 72.7 Å². The van der Waals surface area contributed by atoms with Gasteiger partial charge in [0.1, 0.15) is 17.9 Å². The maximum absolute atomic E-state index is 13.3. The molecule has 15 heteroatoms. The van der Waals surface area contributed by atoms with E-state index in [1.807, 2.05) is 49.6 Å². The molecule has 3 atom stereocenters. The van der Waals surface area contributed by atoms with Crippen LogP contribution in [-0.2, 0) is 41.9 Å². The standard InChI is InChI=1S/C45H66N8O6S/c1-5-59-26-36-50-40-41(33-16-12-13-17-34(33)49-42(40)46)53(36)28-45(3,4)51-37(54)24-47-43(57)31-20-18-30(19-21-31)25-52-39(56)23-35(44(52)58)60-27-38(55)48-32-15-11-9-7-6-8-10-14-29(2)22-32/h12-13,16-17,29-32,35H,5-11,14-15,18-28H2,1-4H3,(H2,46,49)(H,47,57)(H,48,55)(H,51,54). The number of hydrogen-bond acceptors (Lipinski definition) is 10. The number of nitrogens with one attached hydrogen (secondary N) is 3. The van der Waals surface area contributed by atoms with Gasteiger partial charge >= 0.3 is 0 Å². The number of para-hydroxylation sites is 1. The maximum atomic E-state index is 13.3. The summed E-state index contributed by atoms with van der Waals surface area (Å²) in [5.41, 5.74) is 7.78. The van der Waals surface area contributed by atoms with Gasteiger partial charge in [0, 0.05) is 43.5 Å². The summed E-state index contributed by atoms with van der Waals surface area (Å²) in [6, 6.07) is 7.89. The summed E-state index contributed by atoms with van der Waals surface area (Å²) in [6.07, 6.45) is 13.3. The quantitative estimate of drug-likeness (QED) is 0.132. The number of pyridine rings is 1. The summed E-state index contributed by atoms with van der Waals surface area (Å²) in [7, 11) is 0. The van der Waals surface area contributed by atoms with Crippen LogP contribution >= 0.6 is 11.8 Å². The SMILES string of the molecule is CCOCc1nc2c(N)nc3ccccc3c2n1CC(C)(C)NC(=O)CNC(=O)C1CCC(CN2C(=O)CC(SCC(=O)NC3CCCCCCCCC(C)C3)C2=O)CC1. The number of benzene rings is 1. The number of imide groups is 1. The van der Waals surface area contributed by atoms with Crippen LogP contribution in [0.5, 0.6) is 0 Å². The van der Waals surface area contributed by atoms with Crippen LogP contribution in [0.3, 0.4) is 0 Å². The van der Waals surface area contributed by atoms with Gasteiger partial charge in [0.05, 0.1) is 34.1 Å². The zero-order chi connectivity index (χ0) is 42.8. The minimum Gasteiger partial charge on any atom is -0.382 e. The van der Waals surface area contributed by atoms with E-state index in [9.17, 15) is 24.0 Å². The Hall–Kier alpha value is -4.24. The van der Waals surface area contributed by atoms with Crippen molar-refractivity contribution in [2.45, 2.75) is 148 Å². The summed E-state index contributed by atoms with van der Waals surface area (Å²) >= 11 is 1.27. The Morgan fingerprint density at radius 1 is 0.950 bits per heavy atom. The van der Waals surface area contributed by atoms with Crippen LogP contribution in [0, 0.1) is 17.8 Å². The van der Waals surface area contributed by atoms with E-state index < -0.39 is 10.8 Å². The van der Waals surface area contributed by atoms with E-state index in [1.54, 1.807) is 0 Å². The first-order chi connectivity index (χ1) is 28.8. The molecule has 3 aromatic rings. The number of amides is 5. The van der Waals surface area contributed by atoms with Gasteiger partial charge in [-0.15, -0.1) is 11.8 Å². The van der Waals surface area contributed by atoms with Crippen molar-refractivity contribution in [1.29, 1.82) is 0 Å². The van der Waals surface area contributed by atoms with E-state index >= 15 is 0 Å². The van der Waals surface area contributed by atoms with Crippen LogP contribution in [0.1, 0.15) is 123 Å². The second kappa shape index (κ2) is 21.0. The normalized spacial score (nSPS) is 23.4. The predicted octanol–water partition coefficient (Wildman–Crippen LogP) is 6.03. The highest BCUT2D eigenvalue weighted by molar-refractivity contribution is 8.01. The van der Waals surface area contributed by atoms with Gasteiger partial charge in [0.25, 0.3) is 0 Å². The van der Waals surface area contributed by atoms with Gasteiger partial charge in [0.2, 0.25) is 29.5 Å². The smallest absolute Gasteiger partial charge is 0.242 e. The fraction of sp³-hybridized carbons (Fsp3) is 0.667. The molecule has 328 valence electrons. The number of hydrogen-bond donors (Lipinski definition) is 4. The number of fused-ring (bicyclic) bond motifs is 3. The van der Waals surface area contributed by atoms with Gasteiger partial charge in [0.15, 0.2) is 5.82 Å². The first-order valence-corrected chi connectivity index (χ1v) is 23.3. The third kappa shape index (κ3) is 12.0. The lowest BCUT2D eigenvalue weighted by Gasteiger charge is -2.30. The van der Waals surface area contributed by atoms with Crippen molar-refractivity contribution in [3.8, 4) is 0 Å². The molecule has 2 aromatic heterocycles. The number of nitrogen functional groups attached to an aromatic ring is 1. The Labute approximate surface area is 358 Å². The number of carbonyl (C=O) groups is 5. The van der Waals surface area contributed by atoms with E-state index in [1.165, 1.54) is 55.2 Å². The van der Waals surface area contributed by atoms with Crippen LogP contribution in [0.2, 0.25) is 0 Å². The van der Waals surface area contributed by atoms with Crippen molar-refractivity contribution in [2.75, 3.05) is 31.2 Å². The lowest BCUT2D eigenvalue weighted by atomic mass is 9.81. The molecule has 3 heterocycles. The molecule has 5 N–H and O–H groups in total. The van der Waals surface area contributed by atoms with Crippen molar-refractivity contribution in [3.63, 3.8) is 0 Å². The zero-order valence-corrected chi connectivity index (χ0v) is 36.9. The number of rotatable bonds is 15. The molecule has 1 saturated heterocycles. The molecule has 2 aliphatic carbocycles. The second-order valence-electron chi connectivity index (χ2n) is 18.0. The molecular weight excluding hydrogens is 781 g/mol. The first kappa shape index (κ1) is 45.3. The van der Waals surface area contributed by atoms with Crippen molar-refractivity contribution >= 4 is 69.1 Å². The van der Waals surface area contributed by atoms with Crippen LogP contribution in [0.15, 0.2) is 24.3 Å². The van der Waals surface area contributed by atoms with Gasteiger partial charge in [-0.2, -0.15) is 0 Å². The van der Waals surface area contributed by atoms with Crippen molar-refractivity contribution in [3.05, 3.63) is 30.1 Å². The number of ether oxygens (including phenoxy) is 1. The number of thioether (sulfide) groups is 1. The lowest BCUT2D eigenvalue weighted by Crippen LogP contribution is -2.50. The summed E-state index contributed by atoms with van der Waals surface area (Å²) in [6.45, 7) is 9.38. The average molecular weight is 847 g/mol. The number of carbonyl (C=O) groups excluding carboxylic acids is 5. The van der Waals surface area contributed by atoms with Gasteiger partial charge in [-0.05, 0) is 77.2 Å². The summed E-state index contributed by atoms with van der Waals surface area (Å²) in [5, 5.41) is 9.52. The van der Waals surface area contributed by atoms with Gasteiger partial charge in [-0.3, -0.25) is 28.9 Å². The number of anilines is 1. The van der Waals surface area contributed by atoms with Gasteiger partial charge in [-0.25, -0.2) is 9.97 Å². The molecule has 3 aliphatic rings. The minimum absolute atomic E-state index is 0.0588. The first-order valence-electron chi connectivity index (χ1n) is 22.3. The minimum atomic E-state index is -0.729. The Morgan fingerprint density at radius 3 is 2.42 bits per heavy atom. The summed E-state index contributed by atoms with van der Waals surface area (Å²) in [5.74, 6) is 0.650. The largest absolute Gasteiger partial charge is 0.382 e. The Morgan fingerprint density at radius 2 is 1.67 bits per heavy atom. The Balaban J connectivity index is 0.934. The fourth-order valence-electron chi connectivity index (χ4n) is 9.28. The maximum Gasteiger partial charge on any atom is 0.242 e. The third-order valence-corrected chi connectivity index (χ3v) is 13.6. The van der Waals surface area contributed by atoms with Crippen molar-refractivity contribution in [1.82, 2.24) is 35.4 Å². The van der Waals surface area contributed by atoms with E-state index in [0.717, 1.165) is 35.7 Å². The monoisotopic (exact) mass is 846 g/mol.